The van der Waals surface area contributed by atoms with Crippen molar-refractivity contribution < 1.29 is 13.9 Å². The molecule has 7 heteroatoms. The third-order valence-corrected chi connectivity index (χ3v) is 3.19. The molecule has 0 N–H and O–H groups in total. The Bertz CT molecular complexity index is 599. The van der Waals surface area contributed by atoms with Crippen LogP contribution in [0, 0.1) is 17.3 Å². The number of rotatable bonds is 1. The van der Waals surface area contributed by atoms with Gasteiger partial charge in [-0.15, -0.1) is 0 Å². The molecular weight excluding hydrogens is 287 g/mol. The zero-order valence-corrected chi connectivity index (χ0v) is 13.0. The van der Waals surface area contributed by atoms with Crippen LogP contribution in [0.1, 0.15) is 26.5 Å². The molecule has 1 aliphatic rings. The largest absolute Gasteiger partial charge is 0.444 e. The van der Waals surface area contributed by atoms with E-state index >= 15 is 0 Å². The standard InChI is InChI=1S/C15H19FN4O2/c1-15(2,3)22-14(21)20-6-4-19(5-7-20)12-8-11(10-17)18-13(16)9-12/h8-9H,4-7H2,1-3H3. The minimum Gasteiger partial charge on any atom is -0.444 e. The summed E-state index contributed by atoms with van der Waals surface area (Å²) in [5.41, 5.74) is 0.127. The molecule has 1 saturated heterocycles. The van der Waals surface area contributed by atoms with Crippen LogP contribution in [0.5, 0.6) is 0 Å². The van der Waals surface area contributed by atoms with Crippen molar-refractivity contribution in [2.45, 2.75) is 26.4 Å². The first-order chi connectivity index (χ1) is 10.3. The first-order valence-electron chi connectivity index (χ1n) is 7.09. The molecule has 1 aromatic rings. The summed E-state index contributed by atoms with van der Waals surface area (Å²) in [5.74, 6) is -0.677. The molecule has 2 rings (SSSR count). The maximum Gasteiger partial charge on any atom is 0.410 e. The second-order valence-electron chi connectivity index (χ2n) is 6.10. The van der Waals surface area contributed by atoms with E-state index in [0.29, 0.717) is 31.9 Å². The van der Waals surface area contributed by atoms with Crippen molar-refractivity contribution in [1.29, 1.82) is 5.26 Å². The number of anilines is 1. The van der Waals surface area contributed by atoms with E-state index in [1.807, 2.05) is 31.7 Å². The van der Waals surface area contributed by atoms with Gasteiger partial charge in [0.2, 0.25) is 5.95 Å². The highest BCUT2D eigenvalue weighted by molar-refractivity contribution is 5.68. The number of nitriles is 1. The van der Waals surface area contributed by atoms with E-state index in [9.17, 15) is 9.18 Å². The molecule has 0 unspecified atom stereocenters. The highest BCUT2D eigenvalue weighted by Gasteiger charge is 2.26. The SMILES string of the molecule is CC(C)(C)OC(=O)N1CCN(c2cc(F)nc(C#N)c2)CC1. The summed E-state index contributed by atoms with van der Waals surface area (Å²) >= 11 is 0. The molecule has 1 amide bonds. The van der Waals surface area contributed by atoms with E-state index in [1.165, 1.54) is 6.07 Å². The molecule has 0 aliphatic carbocycles. The van der Waals surface area contributed by atoms with Gasteiger partial charge in [0.05, 0.1) is 0 Å². The lowest BCUT2D eigenvalue weighted by Gasteiger charge is -2.36. The van der Waals surface area contributed by atoms with E-state index in [2.05, 4.69) is 4.98 Å². The fraction of sp³-hybridized carbons (Fsp3) is 0.533. The van der Waals surface area contributed by atoms with Crippen LogP contribution in [0.2, 0.25) is 0 Å². The number of nitrogens with zero attached hydrogens (tertiary/aromatic N) is 4. The zero-order valence-electron chi connectivity index (χ0n) is 13.0. The van der Waals surface area contributed by atoms with Crippen LogP contribution in [-0.4, -0.2) is 47.8 Å². The van der Waals surface area contributed by atoms with Crippen molar-refractivity contribution in [3.8, 4) is 6.07 Å². The molecule has 0 aromatic carbocycles. The Morgan fingerprint density at radius 3 is 2.50 bits per heavy atom. The quantitative estimate of drug-likeness (QED) is 0.744. The van der Waals surface area contributed by atoms with E-state index in [1.54, 1.807) is 11.0 Å². The van der Waals surface area contributed by atoms with Gasteiger partial charge in [0.25, 0.3) is 0 Å². The molecule has 0 spiro atoms. The molecule has 1 aliphatic heterocycles. The molecule has 2 heterocycles. The van der Waals surface area contributed by atoms with Crippen molar-refractivity contribution in [2.24, 2.45) is 0 Å². The molecule has 0 radical (unpaired) electrons. The maximum atomic E-state index is 13.4. The average molecular weight is 306 g/mol. The summed E-state index contributed by atoms with van der Waals surface area (Å²) < 4.78 is 18.7. The van der Waals surface area contributed by atoms with Gasteiger partial charge in [0.1, 0.15) is 17.4 Å². The Morgan fingerprint density at radius 2 is 1.95 bits per heavy atom. The second kappa shape index (κ2) is 6.18. The molecule has 22 heavy (non-hydrogen) atoms. The smallest absolute Gasteiger partial charge is 0.410 e. The van der Waals surface area contributed by atoms with Gasteiger partial charge < -0.3 is 14.5 Å². The van der Waals surface area contributed by atoms with Crippen molar-refractivity contribution in [3.05, 3.63) is 23.8 Å². The fourth-order valence-corrected chi connectivity index (χ4v) is 2.20. The summed E-state index contributed by atoms with van der Waals surface area (Å²) in [6, 6.07) is 4.68. The van der Waals surface area contributed by atoms with Crippen LogP contribution in [0.15, 0.2) is 12.1 Å². The number of piperazine rings is 1. The predicted octanol–water partition coefficient (Wildman–Crippen LogP) is 2.15. The lowest BCUT2D eigenvalue weighted by molar-refractivity contribution is 0.0240. The van der Waals surface area contributed by atoms with Crippen molar-refractivity contribution in [3.63, 3.8) is 0 Å². The average Bonchev–Trinajstić information content (AvgIpc) is 2.45. The summed E-state index contributed by atoms with van der Waals surface area (Å²) in [6.45, 7) is 7.54. The highest BCUT2D eigenvalue weighted by atomic mass is 19.1. The zero-order chi connectivity index (χ0) is 16.3. The van der Waals surface area contributed by atoms with Gasteiger partial charge >= 0.3 is 6.09 Å². The minimum absolute atomic E-state index is 0.0459. The van der Waals surface area contributed by atoms with Gasteiger partial charge in [-0.05, 0) is 26.8 Å². The number of ether oxygens (including phenoxy) is 1. The Labute approximate surface area is 129 Å². The van der Waals surface area contributed by atoms with Gasteiger partial charge in [-0.1, -0.05) is 0 Å². The fourth-order valence-electron chi connectivity index (χ4n) is 2.20. The molecule has 0 bridgehead atoms. The Hall–Kier alpha value is -2.36. The number of hydrogen-bond donors (Lipinski definition) is 0. The van der Waals surface area contributed by atoms with Gasteiger partial charge in [-0.2, -0.15) is 9.65 Å². The highest BCUT2D eigenvalue weighted by Crippen LogP contribution is 2.19. The number of carbonyl (C=O) groups excluding carboxylic acids is 1. The monoisotopic (exact) mass is 306 g/mol. The number of hydrogen-bond acceptors (Lipinski definition) is 5. The minimum atomic E-state index is -0.677. The first kappa shape index (κ1) is 16.0. The number of amides is 1. The van der Waals surface area contributed by atoms with Crippen molar-refractivity contribution in [2.75, 3.05) is 31.1 Å². The van der Waals surface area contributed by atoms with Crippen LogP contribution in [0.25, 0.3) is 0 Å². The summed E-state index contributed by atoms with van der Waals surface area (Å²) in [6.07, 6.45) is -0.342. The molecule has 1 fully saturated rings. The second-order valence-corrected chi connectivity index (χ2v) is 6.10. The molecule has 0 saturated carbocycles. The van der Waals surface area contributed by atoms with Crippen LogP contribution < -0.4 is 4.90 Å². The van der Waals surface area contributed by atoms with E-state index in [4.69, 9.17) is 10.00 Å². The van der Waals surface area contributed by atoms with E-state index in [0.717, 1.165) is 0 Å². The van der Waals surface area contributed by atoms with Crippen LogP contribution in [0.3, 0.4) is 0 Å². The van der Waals surface area contributed by atoms with Gasteiger partial charge in [0.15, 0.2) is 0 Å². The molecular formula is C15H19FN4O2. The molecule has 1 aromatic heterocycles. The van der Waals surface area contributed by atoms with Crippen LogP contribution in [-0.2, 0) is 4.74 Å². The number of pyridine rings is 1. The van der Waals surface area contributed by atoms with E-state index < -0.39 is 11.5 Å². The maximum absolute atomic E-state index is 13.4. The normalized spacial score (nSPS) is 15.4. The Morgan fingerprint density at radius 1 is 1.32 bits per heavy atom. The number of carbonyl (C=O) groups is 1. The Kier molecular flexibility index (Phi) is 4.50. The number of aromatic nitrogens is 1. The van der Waals surface area contributed by atoms with Crippen LogP contribution in [0.4, 0.5) is 14.9 Å². The third-order valence-electron chi connectivity index (χ3n) is 3.19. The van der Waals surface area contributed by atoms with Crippen LogP contribution >= 0.6 is 0 Å². The summed E-state index contributed by atoms with van der Waals surface area (Å²) in [5, 5.41) is 8.84. The van der Waals surface area contributed by atoms with Crippen molar-refractivity contribution in [1.82, 2.24) is 9.88 Å². The molecule has 118 valence electrons. The van der Waals surface area contributed by atoms with Gasteiger partial charge in [-0.3, -0.25) is 0 Å². The predicted molar refractivity (Wildman–Crippen MR) is 78.9 cm³/mol. The topological polar surface area (TPSA) is 69.5 Å². The summed E-state index contributed by atoms with van der Waals surface area (Å²) in [7, 11) is 0. The third kappa shape index (κ3) is 4.07. The molecule has 0 atom stereocenters. The lowest BCUT2D eigenvalue weighted by Crippen LogP contribution is -2.50. The van der Waals surface area contributed by atoms with E-state index in [-0.39, 0.29) is 11.8 Å². The summed E-state index contributed by atoms with van der Waals surface area (Å²) in [4.78, 5) is 19.0. The lowest BCUT2D eigenvalue weighted by atomic mass is 10.2. The van der Waals surface area contributed by atoms with Gasteiger partial charge in [0, 0.05) is 37.9 Å². The molecule has 6 nitrogen and oxygen atoms in total. The van der Waals surface area contributed by atoms with Crippen molar-refractivity contribution >= 4 is 11.8 Å². The first-order valence-corrected chi connectivity index (χ1v) is 7.09. The number of halogens is 1. The Balaban J connectivity index is 1.99. The van der Waals surface area contributed by atoms with Gasteiger partial charge in [-0.25, -0.2) is 9.78 Å².